The summed E-state index contributed by atoms with van der Waals surface area (Å²) in [5.74, 6) is 1.90. The minimum absolute atomic E-state index is 0.0566. The number of ether oxygens (including phenoxy) is 1. The van der Waals surface area contributed by atoms with Crippen LogP contribution in [-0.4, -0.2) is 19.1 Å². The highest BCUT2D eigenvalue weighted by Crippen LogP contribution is 2.30. The van der Waals surface area contributed by atoms with E-state index in [2.05, 4.69) is 12.2 Å². The number of amides is 1. The Labute approximate surface area is 120 Å². The molecule has 1 aliphatic rings. The summed E-state index contributed by atoms with van der Waals surface area (Å²) in [4.78, 5) is 12.1. The quantitative estimate of drug-likeness (QED) is 0.813. The van der Waals surface area contributed by atoms with Crippen LogP contribution in [0.15, 0.2) is 18.2 Å². The lowest BCUT2D eigenvalue weighted by atomic mass is 9.98. The molecule has 0 bridgehead atoms. The second-order valence-corrected chi connectivity index (χ2v) is 5.56. The molecule has 2 unspecified atom stereocenters. The van der Waals surface area contributed by atoms with Gasteiger partial charge in [0.1, 0.15) is 5.75 Å². The van der Waals surface area contributed by atoms with Crippen molar-refractivity contribution in [3.05, 3.63) is 23.8 Å². The van der Waals surface area contributed by atoms with Gasteiger partial charge in [0.15, 0.2) is 0 Å². The molecule has 0 saturated heterocycles. The molecule has 4 nitrogen and oxygen atoms in total. The number of carbonyl (C=O) groups excluding carboxylic acids is 1. The van der Waals surface area contributed by atoms with E-state index < -0.39 is 0 Å². The maximum absolute atomic E-state index is 12.1. The monoisotopic (exact) mass is 276 g/mol. The molecule has 0 spiro atoms. The summed E-state index contributed by atoms with van der Waals surface area (Å²) in [5, 5.41) is 3.01. The van der Waals surface area contributed by atoms with Gasteiger partial charge in [0.2, 0.25) is 0 Å². The molecule has 1 aliphatic carbocycles. The third kappa shape index (κ3) is 3.44. The summed E-state index contributed by atoms with van der Waals surface area (Å²) in [5.41, 5.74) is 6.98. The third-order valence-electron chi connectivity index (χ3n) is 4.14. The van der Waals surface area contributed by atoms with Gasteiger partial charge in [0, 0.05) is 12.1 Å². The Hall–Kier alpha value is -1.71. The minimum Gasteiger partial charge on any atom is -0.492 e. The molecule has 2 rings (SSSR count). The van der Waals surface area contributed by atoms with Gasteiger partial charge in [-0.2, -0.15) is 0 Å². The molecule has 1 fully saturated rings. The normalized spacial score (nSPS) is 21.7. The van der Waals surface area contributed by atoms with Gasteiger partial charge in [0.05, 0.1) is 12.3 Å². The zero-order chi connectivity index (χ0) is 14.5. The summed E-state index contributed by atoms with van der Waals surface area (Å²) in [6.45, 7) is 5.49. The van der Waals surface area contributed by atoms with E-state index in [0.29, 0.717) is 35.4 Å². The Balaban J connectivity index is 1.93. The average molecular weight is 276 g/mol. The van der Waals surface area contributed by atoms with Gasteiger partial charge in [-0.1, -0.05) is 19.8 Å². The maximum atomic E-state index is 12.1. The van der Waals surface area contributed by atoms with Crippen LogP contribution in [0.4, 0.5) is 5.69 Å². The number of nitrogen functional groups attached to an aromatic ring is 1. The molecule has 3 N–H and O–H groups in total. The van der Waals surface area contributed by atoms with Crippen molar-refractivity contribution in [3.63, 3.8) is 0 Å². The lowest BCUT2D eigenvalue weighted by molar-refractivity contribution is 0.0944. The number of anilines is 1. The Kier molecular flexibility index (Phi) is 4.88. The summed E-state index contributed by atoms with van der Waals surface area (Å²) >= 11 is 0. The summed E-state index contributed by atoms with van der Waals surface area (Å²) in [6, 6.07) is 5.19. The molecule has 0 heterocycles. The Morgan fingerprint density at radius 3 is 2.85 bits per heavy atom. The fourth-order valence-corrected chi connectivity index (χ4v) is 2.83. The van der Waals surface area contributed by atoms with Gasteiger partial charge in [-0.05, 0) is 43.4 Å². The van der Waals surface area contributed by atoms with Crippen molar-refractivity contribution < 1.29 is 9.53 Å². The summed E-state index contributed by atoms with van der Waals surface area (Å²) < 4.78 is 5.37. The lowest BCUT2D eigenvalue weighted by Gasteiger charge is -2.16. The van der Waals surface area contributed by atoms with Crippen molar-refractivity contribution in [2.24, 2.45) is 11.8 Å². The van der Waals surface area contributed by atoms with Crippen LogP contribution < -0.4 is 15.8 Å². The van der Waals surface area contributed by atoms with Gasteiger partial charge >= 0.3 is 0 Å². The molecule has 110 valence electrons. The van der Waals surface area contributed by atoms with Crippen molar-refractivity contribution in [2.75, 3.05) is 18.9 Å². The van der Waals surface area contributed by atoms with Crippen LogP contribution in [0.3, 0.4) is 0 Å². The molecule has 1 saturated carbocycles. The fourth-order valence-electron chi connectivity index (χ4n) is 2.83. The van der Waals surface area contributed by atoms with Crippen LogP contribution in [0, 0.1) is 11.8 Å². The number of benzene rings is 1. The first kappa shape index (κ1) is 14.7. The van der Waals surface area contributed by atoms with E-state index in [1.165, 1.54) is 19.3 Å². The summed E-state index contributed by atoms with van der Waals surface area (Å²) in [6.07, 6.45) is 3.76. The zero-order valence-corrected chi connectivity index (χ0v) is 12.3. The van der Waals surface area contributed by atoms with Crippen LogP contribution in [0.1, 0.15) is 43.5 Å². The molecule has 0 radical (unpaired) electrons. The molecule has 4 heteroatoms. The first-order chi connectivity index (χ1) is 9.61. The molecule has 1 aromatic rings. The number of hydrogen-bond donors (Lipinski definition) is 2. The second kappa shape index (κ2) is 6.64. The smallest absolute Gasteiger partial charge is 0.251 e. The topological polar surface area (TPSA) is 64.3 Å². The highest BCUT2D eigenvalue weighted by molar-refractivity contribution is 5.95. The number of nitrogens with one attached hydrogen (secondary N) is 1. The number of hydrogen-bond acceptors (Lipinski definition) is 3. The van der Waals surface area contributed by atoms with E-state index in [9.17, 15) is 4.79 Å². The highest BCUT2D eigenvalue weighted by Gasteiger charge is 2.23. The highest BCUT2D eigenvalue weighted by atomic mass is 16.5. The molecule has 1 aromatic carbocycles. The first-order valence-electron chi connectivity index (χ1n) is 7.42. The van der Waals surface area contributed by atoms with Gasteiger partial charge in [-0.25, -0.2) is 0 Å². The van der Waals surface area contributed by atoms with E-state index in [1.54, 1.807) is 18.2 Å². The number of rotatable bonds is 5. The average Bonchev–Trinajstić information content (AvgIpc) is 2.84. The standard InChI is InChI=1S/C16H24N2O2/c1-3-20-15-8-7-12(9-14(15)17)16(19)18-10-13-6-4-5-11(13)2/h7-9,11,13H,3-6,10,17H2,1-2H3,(H,18,19). The van der Waals surface area contributed by atoms with E-state index in [4.69, 9.17) is 10.5 Å². The number of carbonyl (C=O) groups is 1. The molecule has 2 atom stereocenters. The van der Waals surface area contributed by atoms with Crippen molar-refractivity contribution in [1.29, 1.82) is 0 Å². The van der Waals surface area contributed by atoms with Crippen molar-refractivity contribution in [2.45, 2.75) is 33.1 Å². The molecule has 0 aliphatic heterocycles. The minimum atomic E-state index is -0.0566. The largest absolute Gasteiger partial charge is 0.492 e. The van der Waals surface area contributed by atoms with E-state index in [1.807, 2.05) is 6.92 Å². The van der Waals surface area contributed by atoms with Crippen LogP contribution >= 0.6 is 0 Å². The molecular formula is C16H24N2O2. The SMILES string of the molecule is CCOc1ccc(C(=O)NCC2CCCC2C)cc1N. The molecule has 1 amide bonds. The third-order valence-corrected chi connectivity index (χ3v) is 4.14. The molecule has 0 aromatic heterocycles. The van der Waals surface area contributed by atoms with Crippen LogP contribution in [0.25, 0.3) is 0 Å². The number of nitrogens with two attached hydrogens (primary N) is 1. The second-order valence-electron chi connectivity index (χ2n) is 5.56. The predicted molar refractivity (Wildman–Crippen MR) is 80.9 cm³/mol. The van der Waals surface area contributed by atoms with Gasteiger partial charge in [-0.3, -0.25) is 4.79 Å². The van der Waals surface area contributed by atoms with Crippen LogP contribution in [0.2, 0.25) is 0 Å². The van der Waals surface area contributed by atoms with Gasteiger partial charge in [-0.15, -0.1) is 0 Å². The van der Waals surface area contributed by atoms with Gasteiger partial charge in [0.25, 0.3) is 5.91 Å². The predicted octanol–water partition coefficient (Wildman–Crippen LogP) is 2.83. The summed E-state index contributed by atoms with van der Waals surface area (Å²) in [7, 11) is 0. The van der Waals surface area contributed by atoms with Crippen LogP contribution in [-0.2, 0) is 0 Å². The van der Waals surface area contributed by atoms with Crippen molar-refractivity contribution in [3.8, 4) is 5.75 Å². The van der Waals surface area contributed by atoms with E-state index in [0.717, 1.165) is 6.54 Å². The fraction of sp³-hybridized carbons (Fsp3) is 0.562. The van der Waals surface area contributed by atoms with Crippen LogP contribution in [0.5, 0.6) is 5.75 Å². The zero-order valence-electron chi connectivity index (χ0n) is 12.3. The Bertz CT molecular complexity index is 474. The Morgan fingerprint density at radius 2 is 2.25 bits per heavy atom. The van der Waals surface area contributed by atoms with Crippen molar-refractivity contribution >= 4 is 11.6 Å². The molecule has 20 heavy (non-hydrogen) atoms. The lowest BCUT2D eigenvalue weighted by Crippen LogP contribution is -2.30. The Morgan fingerprint density at radius 1 is 1.45 bits per heavy atom. The van der Waals surface area contributed by atoms with E-state index >= 15 is 0 Å². The van der Waals surface area contributed by atoms with E-state index in [-0.39, 0.29) is 5.91 Å². The maximum Gasteiger partial charge on any atom is 0.251 e. The van der Waals surface area contributed by atoms with Gasteiger partial charge < -0.3 is 15.8 Å². The molecular weight excluding hydrogens is 252 g/mol. The first-order valence-corrected chi connectivity index (χ1v) is 7.42. The van der Waals surface area contributed by atoms with Crippen molar-refractivity contribution in [1.82, 2.24) is 5.32 Å².